The first-order valence-corrected chi connectivity index (χ1v) is 12.4. The summed E-state index contributed by atoms with van der Waals surface area (Å²) in [4.78, 5) is 0.0608. The van der Waals surface area contributed by atoms with Gasteiger partial charge in [0.25, 0.3) is 0 Å². The quantitative estimate of drug-likeness (QED) is 0.474. The Bertz CT molecular complexity index is 973. The maximum atomic E-state index is 12.6. The second kappa shape index (κ2) is 11.2. The van der Waals surface area contributed by atoms with E-state index in [4.69, 9.17) is 9.47 Å². The Balaban J connectivity index is 1.43. The fraction of sp³-hybridized carbons (Fsp3) is 0.478. The zero-order chi connectivity index (χ0) is 23.9. The van der Waals surface area contributed by atoms with Crippen LogP contribution in [0.1, 0.15) is 44.1 Å². The Morgan fingerprint density at radius 2 is 1.58 bits per heavy atom. The van der Waals surface area contributed by atoms with Gasteiger partial charge in [0.05, 0.1) is 17.1 Å². The maximum absolute atomic E-state index is 12.6. The number of aliphatic hydroxyl groups is 1. The minimum absolute atomic E-state index is 0.0437. The molecule has 0 unspecified atom stereocenters. The molecule has 2 aromatic carbocycles. The summed E-state index contributed by atoms with van der Waals surface area (Å²) in [6.45, 7) is 0.505. The number of ether oxygens (including phenoxy) is 2. The molecule has 1 fully saturated rings. The number of hydrogen-bond donors (Lipinski definition) is 2. The summed E-state index contributed by atoms with van der Waals surface area (Å²) >= 11 is 0. The second-order valence-electron chi connectivity index (χ2n) is 8.07. The monoisotopic (exact) mass is 487 g/mol. The average Bonchev–Trinajstić information content (AvgIpc) is 2.78. The summed E-state index contributed by atoms with van der Waals surface area (Å²) in [7, 11) is -3.80. The molecule has 0 spiro atoms. The van der Waals surface area contributed by atoms with Crippen LogP contribution in [0.4, 0.5) is 13.2 Å². The first kappa shape index (κ1) is 25.3. The lowest BCUT2D eigenvalue weighted by atomic mass is 9.90. The number of halogens is 3. The van der Waals surface area contributed by atoms with E-state index in [2.05, 4.69) is 4.72 Å². The third-order valence-electron chi connectivity index (χ3n) is 5.48. The van der Waals surface area contributed by atoms with Crippen molar-refractivity contribution in [1.29, 1.82) is 0 Å². The molecule has 0 amide bonds. The number of hydrogen-bond acceptors (Lipinski definition) is 5. The van der Waals surface area contributed by atoms with Crippen molar-refractivity contribution in [2.24, 2.45) is 5.92 Å². The third-order valence-corrected chi connectivity index (χ3v) is 6.96. The highest BCUT2D eigenvalue weighted by atomic mass is 32.2. The van der Waals surface area contributed by atoms with Gasteiger partial charge in [-0.1, -0.05) is 19.3 Å². The van der Waals surface area contributed by atoms with Crippen molar-refractivity contribution >= 4 is 10.0 Å². The smallest absolute Gasteiger partial charge is 0.416 e. The number of aliphatic hydroxyl groups excluding tert-OH is 1. The van der Waals surface area contributed by atoms with Gasteiger partial charge in [0.15, 0.2) is 6.29 Å². The van der Waals surface area contributed by atoms with Gasteiger partial charge in [-0.15, -0.1) is 0 Å². The molecule has 1 atom stereocenters. The Morgan fingerprint density at radius 3 is 2.18 bits per heavy atom. The number of alkyl halides is 3. The molecule has 1 saturated carbocycles. The molecule has 33 heavy (non-hydrogen) atoms. The molecule has 0 radical (unpaired) electrons. The fourth-order valence-corrected chi connectivity index (χ4v) is 4.67. The van der Waals surface area contributed by atoms with Gasteiger partial charge in [-0.3, -0.25) is 0 Å². The Hall–Kier alpha value is -2.30. The van der Waals surface area contributed by atoms with E-state index in [9.17, 15) is 26.7 Å². The molecule has 0 aromatic heterocycles. The average molecular weight is 488 g/mol. The zero-order valence-corrected chi connectivity index (χ0v) is 18.9. The van der Waals surface area contributed by atoms with E-state index >= 15 is 0 Å². The Kier molecular flexibility index (Phi) is 8.61. The molecule has 6 nitrogen and oxygen atoms in total. The van der Waals surface area contributed by atoms with Crippen LogP contribution in [0.3, 0.4) is 0 Å². The highest BCUT2D eigenvalue weighted by molar-refractivity contribution is 7.89. The molecular weight excluding hydrogens is 459 g/mol. The molecule has 0 saturated heterocycles. The van der Waals surface area contributed by atoms with E-state index in [1.54, 1.807) is 12.1 Å². The minimum Gasteiger partial charge on any atom is -0.493 e. The van der Waals surface area contributed by atoms with Gasteiger partial charge in [-0.05, 0) is 67.3 Å². The molecule has 0 heterocycles. The Morgan fingerprint density at radius 1 is 0.970 bits per heavy atom. The predicted octanol–water partition coefficient (Wildman–Crippen LogP) is 4.73. The summed E-state index contributed by atoms with van der Waals surface area (Å²) in [5.74, 6) is 1.20. The molecule has 3 rings (SSSR count). The van der Waals surface area contributed by atoms with E-state index in [-0.39, 0.29) is 23.6 Å². The van der Waals surface area contributed by atoms with Crippen molar-refractivity contribution in [1.82, 2.24) is 4.72 Å². The number of benzene rings is 2. The summed E-state index contributed by atoms with van der Waals surface area (Å²) in [5, 5.41) is 9.91. The maximum Gasteiger partial charge on any atom is 0.416 e. The van der Waals surface area contributed by atoms with E-state index in [0.717, 1.165) is 37.1 Å². The number of rotatable bonds is 10. The largest absolute Gasteiger partial charge is 0.493 e. The van der Waals surface area contributed by atoms with Crippen molar-refractivity contribution in [2.75, 3.05) is 13.2 Å². The van der Waals surface area contributed by atoms with Crippen molar-refractivity contribution in [3.63, 3.8) is 0 Å². The molecule has 182 valence electrons. The van der Waals surface area contributed by atoms with Gasteiger partial charge in [-0.25, -0.2) is 13.1 Å². The second-order valence-corrected chi connectivity index (χ2v) is 9.83. The predicted molar refractivity (Wildman–Crippen MR) is 116 cm³/mol. The first-order valence-electron chi connectivity index (χ1n) is 10.9. The molecule has 0 aliphatic heterocycles. The lowest BCUT2D eigenvalue weighted by Crippen LogP contribution is -2.29. The third kappa shape index (κ3) is 7.90. The van der Waals surface area contributed by atoms with E-state index in [1.165, 1.54) is 31.4 Å². The lowest BCUT2D eigenvalue weighted by molar-refractivity contribution is -0.137. The van der Waals surface area contributed by atoms with Gasteiger partial charge < -0.3 is 14.6 Å². The first-order chi connectivity index (χ1) is 15.6. The SMILES string of the molecule is O=S(=O)(NCC[C@@H](O)Oc1ccc(C(F)(F)F)cc1)c1ccc(OCC2CCCCC2)cc1. The van der Waals surface area contributed by atoms with Crippen molar-refractivity contribution in [2.45, 2.75) is 55.9 Å². The topological polar surface area (TPSA) is 84.9 Å². The molecule has 2 N–H and O–H groups in total. The van der Waals surface area contributed by atoms with E-state index in [1.807, 2.05) is 0 Å². The highest BCUT2D eigenvalue weighted by Gasteiger charge is 2.30. The van der Waals surface area contributed by atoms with Crippen molar-refractivity contribution < 1.29 is 36.2 Å². The number of sulfonamides is 1. The molecule has 10 heteroatoms. The Labute approximate surface area is 191 Å². The zero-order valence-electron chi connectivity index (χ0n) is 18.1. The molecule has 1 aliphatic rings. The summed E-state index contributed by atoms with van der Waals surface area (Å²) in [6.07, 6.45) is 0.0871. The summed E-state index contributed by atoms with van der Waals surface area (Å²) in [5.41, 5.74) is -0.831. The normalized spacial score (nSPS) is 16.4. The summed E-state index contributed by atoms with van der Waals surface area (Å²) in [6, 6.07) is 9.99. The van der Waals surface area contributed by atoms with Crippen LogP contribution in [0.15, 0.2) is 53.4 Å². The van der Waals surface area contributed by atoms with Crippen LogP contribution in [0.2, 0.25) is 0 Å². The van der Waals surface area contributed by atoms with Gasteiger partial charge in [-0.2, -0.15) is 13.2 Å². The minimum atomic E-state index is -4.46. The summed E-state index contributed by atoms with van der Waals surface area (Å²) < 4.78 is 75.9. The van der Waals surface area contributed by atoms with Crippen LogP contribution in [-0.4, -0.2) is 33.0 Å². The van der Waals surface area contributed by atoms with Crippen molar-refractivity contribution in [3.05, 3.63) is 54.1 Å². The highest BCUT2D eigenvalue weighted by Crippen LogP contribution is 2.30. The van der Waals surface area contributed by atoms with Crippen LogP contribution in [0.5, 0.6) is 11.5 Å². The van der Waals surface area contributed by atoms with Gasteiger partial charge in [0.1, 0.15) is 11.5 Å². The van der Waals surface area contributed by atoms with Gasteiger partial charge in [0, 0.05) is 13.0 Å². The van der Waals surface area contributed by atoms with Gasteiger partial charge >= 0.3 is 6.18 Å². The number of nitrogens with one attached hydrogen (secondary N) is 1. The lowest BCUT2D eigenvalue weighted by Gasteiger charge is -2.21. The fourth-order valence-electron chi connectivity index (χ4n) is 3.62. The van der Waals surface area contributed by atoms with Crippen LogP contribution in [0, 0.1) is 5.92 Å². The standard InChI is InChI=1S/C23H28F3NO5S/c24-23(25,26)18-6-8-20(9-7-18)32-22(28)14-15-27-33(29,30)21-12-10-19(11-13-21)31-16-17-4-2-1-3-5-17/h6-13,17,22,27-28H,1-5,14-16H2/t22-/m0/s1. The van der Waals surface area contributed by atoms with Crippen LogP contribution < -0.4 is 14.2 Å². The molecule has 0 bridgehead atoms. The van der Waals surface area contributed by atoms with E-state index in [0.29, 0.717) is 18.3 Å². The molecule has 2 aromatic rings. The van der Waals surface area contributed by atoms with Crippen LogP contribution in [0.25, 0.3) is 0 Å². The molecular formula is C23H28F3NO5S. The van der Waals surface area contributed by atoms with Crippen LogP contribution >= 0.6 is 0 Å². The van der Waals surface area contributed by atoms with Gasteiger partial charge in [0.2, 0.25) is 10.0 Å². The van der Waals surface area contributed by atoms with Crippen LogP contribution in [-0.2, 0) is 16.2 Å². The molecule has 1 aliphatic carbocycles. The van der Waals surface area contributed by atoms with E-state index < -0.39 is 28.1 Å². The van der Waals surface area contributed by atoms with Crippen molar-refractivity contribution in [3.8, 4) is 11.5 Å².